The van der Waals surface area contributed by atoms with Crippen LogP contribution < -0.4 is 15.2 Å². The number of aromatic nitrogens is 2. The van der Waals surface area contributed by atoms with Gasteiger partial charge in [0.05, 0.1) is 36.2 Å². The Morgan fingerprint density at radius 2 is 1.51 bits per heavy atom. The fourth-order valence-electron chi connectivity index (χ4n) is 5.09. The molecule has 0 N–H and O–H groups in total. The topological polar surface area (TPSA) is 64.4 Å². The van der Waals surface area contributed by atoms with E-state index in [4.69, 9.17) is 9.72 Å². The minimum Gasteiger partial charge on any atom is -0.497 e. The molecule has 0 spiro atoms. The average Bonchev–Trinajstić information content (AvgIpc) is 3.20. The maximum absolute atomic E-state index is 13.8. The summed E-state index contributed by atoms with van der Waals surface area (Å²) in [4.78, 5) is 34.3. The van der Waals surface area contributed by atoms with Crippen molar-refractivity contribution in [2.24, 2.45) is 0 Å². The Labute approximate surface area is 214 Å². The van der Waals surface area contributed by atoms with Crippen molar-refractivity contribution < 1.29 is 9.53 Å². The molecule has 182 valence electrons. The minimum absolute atomic E-state index is 0.00809. The van der Waals surface area contributed by atoms with Crippen molar-refractivity contribution >= 4 is 22.5 Å². The SMILES string of the molecule is COc1ccc(-n2c(CC3C(=O)N(Cc4ccccc4)c4ccccc43)nc3ccccc3c2=O)cc1. The van der Waals surface area contributed by atoms with E-state index in [0.29, 0.717) is 41.1 Å². The lowest BCUT2D eigenvalue weighted by Crippen LogP contribution is -2.31. The maximum Gasteiger partial charge on any atom is 0.265 e. The Bertz CT molecular complexity index is 1660. The number of hydrogen-bond donors (Lipinski definition) is 0. The molecule has 1 atom stereocenters. The van der Waals surface area contributed by atoms with E-state index in [0.717, 1.165) is 16.8 Å². The molecule has 1 amide bonds. The van der Waals surface area contributed by atoms with Crippen molar-refractivity contribution in [3.8, 4) is 11.4 Å². The van der Waals surface area contributed by atoms with Gasteiger partial charge in [-0.15, -0.1) is 0 Å². The Morgan fingerprint density at radius 3 is 2.30 bits per heavy atom. The summed E-state index contributed by atoms with van der Waals surface area (Å²) in [5.41, 5.74) is 4.05. The van der Waals surface area contributed by atoms with E-state index < -0.39 is 5.92 Å². The zero-order valence-electron chi connectivity index (χ0n) is 20.4. The molecular formula is C31H25N3O3. The Kier molecular flexibility index (Phi) is 5.77. The minimum atomic E-state index is -0.447. The Balaban J connectivity index is 1.46. The fraction of sp³-hybridized carbons (Fsp3) is 0.129. The number of methoxy groups -OCH3 is 1. The van der Waals surface area contributed by atoms with E-state index in [2.05, 4.69) is 0 Å². The van der Waals surface area contributed by atoms with Gasteiger partial charge in [0.2, 0.25) is 5.91 Å². The van der Waals surface area contributed by atoms with Gasteiger partial charge in [0.15, 0.2) is 0 Å². The van der Waals surface area contributed by atoms with Gasteiger partial charge in [-0.05, 0) is 53.6 Å². The molecule has 1 aliphatic rings. The number of hydrogen-bond acceptors (Lipinski definition) is 4. The van der Waals surface area contributed by atoms with E-state index in [-0.39, 0.29) is 11.5 Å². The van der Waals surface area contributed by atoms with E-state index in [1.165, 1.54) is 0 Å². The third-order valence-corrected chi connectivity index (χ3v) is 6.91. The molecule has 0 radical (unpaired) electrons. The number of nitrogens with zero attached hydrogens (tertiary/aromatic N) is 3. The number of amides is 1. The van der Waals surface area contributed by atoms with Crippen molar-refractivity contribution in [2.45, 2.75) is 18.9 Å². The number of rotatable bonds is 6. The third-order valence-electron chi connectivity index (χ3n) is 6.91. The van der Waals surface area contributed by atoms with Gasteiger partial charge in [0.25, 0.3) is 5.56 Å². The Hall–Kier alpha value is -4.71. The highest BCUT2D eigenvalue weighted by Crippen LogP contribution is 2.40. The summed E-state index contributed by atoms with van der Waals surface area (Å²) in [7, 11) is 1.61. The van der Waals surface area contributed by atoms with E-state index >= 15 is 0 Å². The molecule has 0 fully saturated rings. The number of carbonyl (C=O) groups excluding carboxylic acids is 1. The van der Waals surface area contributed by atoms with Gasteiger partial charge in [-0.3, -0.25) is 14.2 Å². The van der Waals surface area contributed by atoms with Crippen LogP contribution in [-0.2, 0) is 17.8 Å². The first-order valence-electron chi connectivity index (χ1n) is 12.2. The van der Waals surface area contributed by atoms with Gasteiger partial charge >= 0.3 is 0 Å². The number of para-hydroxylation sites is 2. The van der Waals surface area contributed by atoms with Crippen molar-refractivity contribution in [3.63, 3.8) is 0 Å². The number of anilines is 1. The zero-order chi connectivity index (χ0) is 25.4. The molecule has 0 bridgehead atoms. The molecule has 1 unspecified atom stereocenters. The first-order valence-corrected chi connectivity index (χ1v) is 12.2. The largest absolute Gasteiger partial charge is 0.497 e. The van der Waals surface area contributed by atoms with Crippen LogP contribution in [0.15, 0.2) is 108 Å². The van der Waals surface area contributed by atoms with Crippen molar-refractivity contribution in [3.05, 3.63) is 130 Å². The lowest BCUT2D eigenvalue weighted by Gasteiger charge is -2.19. The average molecular weight is 488 g/mol. The second-order valence-corrected chi connectivity index (χ2v) is 9.11. The van der Waals surface area contributed by atoms with E-state index in [9.17, 15) is 9.59 Å². The molecule has 2 heterocycles. The van der Waals surface area contributed by atoms with Gasteiger partial charge < -0.3 is 9.64 Å². The first kappa shape index (κ1) is 22.7. The summed E-state index contributed by atoms with van der Waals surface area (Å²) in [5.74, 6) is 0.804. The predicted molar refractivity (Wildman–Crippen MR) is 144 cm³/mol. The third kappa shape index (κ3) is 4.06. The lowest BCUT2D eigenvalue weighted by molar-refractivity contribution is -0.119. The number of carbonyl (C=O) groups is 1. The van der Waals surface area contributed by atoms with Crippen LogP contribution in [0.25, 0.3) is 16.6 Å². The molecule has 6 heteroatoms. The molecule has 1 aliphatic heterocycles. The number of fused-ring (bicyclic) bond motifs is 2. The lowest BCUT2D eigenvalue weighted by atomic mass is 9.96. The first-order chi connectivity index (χ1) is 18.1. The van der Waals surface area contributed by atoms with Crippen LogP contribution in [0.1, 0.15) is 22.9 Å². The van der Waals surface area contributed by atoms with Crippen LogP contribution in [0.4, 0.5) is 5.69 Å². The molecule has 0 saturated heterocycles. The Morgan fingerprint density at radius 1 is 0.811 bits per heavy atom. The monoisotopic (exact) mass is 487 g/mol. The summed E-state index contributed by atoms with van der Waals surface area (Å²) in [5, 5.41) is 0.533. The second kappa shape index (κ2) is 9.39. The smallest absolute Gasteiger partial charge is 0.265 e. The van der Waals surface area contributed by atoms with Gasteiger partial charge in [0, 0.05) is 12.1 Å². The normalized spacial score (nSPS) is 14.7. The van der Waals surface area contributed by atoms with Gasteiger partial charge in [-0.25, -0.2) is 4.98 Å². The zero-order valence-corrected chi connectivity index (χ0v) is 20.4. The highest BCUT2D eigenvalue weighted by molar-refractivity contribution is 6.05. The van der Waals surface area contributed by atoms with Gasteiger partial charge in [0.1, 0.15) is 11.6 Å². The summed E-state index contributed by atoms with van der Waals surface area (Å²) in [6.07, 6.45) is 0.299. The van der Waals surface area contributed by atoms with Crippen LogP contribution in [0.5, 0.6) is 5.75 Å². The standard InChI is InChI=1S/C31H25N3O3/c1-37-23-17-15-22(16-18-23)34-29(32-27-13-7-5-12-25(27)31(34)36)19-26-24-11-6-8-14-28(24)33(30(26)35)20-21-9-3-2-4-10-21/h2-18,26H,19-20H2,1H3. The van der Waals surface area contributed by atoms with Gasteiger partial charge in [-0.1, -0.05) is 60.7 Å². The van der Waals surface area contributed by atoms with Crippen LogP contribution in [-0.4, -0.2) is 22.6 Å². The molecule has 5 aromatic rings. The summed E-state index contributed by atoms with van der Waals surface area (Å²) in [6.45, 7) is 0.490. The van der Waals surface area contributed by atoms with Crippen LogP contribution in [0.2, 0.25) is 0 Å². The maximum atomic E-state index is 13.8. The molecular weight excluding hydrogens is 462 g/mol. The highest BCUT2D eigenvalue weighted by atomic mass is 16.5. The highest BCUT2D eigenvalue weighted by Gasteiger charge is 2.38. The van der Waals surface area contributed by atoms with Crippen molar-refractivity contribution in [2.75, 3.05) is 12.0 Å². The van der Waals surface area contributed by atoms with Crippen LogP contribution in [0.3, 0.4) is 0 Å². The predicted octanol–water partition coefficient (Wildman–Crippen LogP) is 5.27. The summed E-state index contributed by atoms with van der Waals surface area (Å²) in [6, 6.07) is 32.5. The van der Waals surface area contributed by atoms with E-state index in [1.807, 2.05) is 102 Å². The van der Waals surface area contributed by atoms with Gasteiger partial charge in [-0.2, -0.15) is 0 Å². The number of ether oxygens (including phenoxy) is 1. The molecule has 6 rings (SSSR count). The molecule has 0 aliphatic carbocycles. The van der Waals surface area contributed by atoms with Crippen LogP contribution in [0, 0.1) is 0 Å². The molecule has 6 nitrogen and oxygen atoms in total. The van der Waals surface area contributed by atoms with Crippen molar-refractivity contribution in [1.82, 2.24) is 9.55 Å². The second-order valence-electron chi connectivity index (χ2n) is 9.11. The quantitative estimate of drug-likeness (QED) is 0.327. The fourth-order valence-corrected chi connectivity index (χ4v) is 5.09. The van der Waals surface area contributed by atoms with Crippen LogP contribution >= 0.6 is 0 Å². The molecule has 37 heavy (non-hydrogen) atoms. The molecule has 1 aromatic heterocycles. The number of benzene rings is 4. The summed E-state index contributed by atoms with van der Waals surface area (Å²) < 4.78 is 6.93. The molecule has 4 aromatic carbocycles. The van der Waals surface area contributed by atoms with E-state index in [1.54, 1.807) is 17.7 Å². The van der Waals surface area contributed by atoms with Crippen molar-refractivity contribution in [1.29, 1.82) is 0 Å². The summed E-state index contributed by atoms with van der Waals surface area (Å²) >= 11 is 0. The molecule has 0 saturated carbocycles.